The minimum absolute atomic E-state index is 0.0208. The van der Waals surface area contributed by atoms with Crippen LogP contribution in [0.15, 0.2) is 58.2 Å². The molecular formula is C20H19N3O2S. The van der Waals surface area contributed by atoms with Gasteiger partial charge in [0, 0.05) is 23.5 Å². The van der Waals surface area contributed by atoms with Crippen LogP contribution in [0.2, 0.25) is 0 Å². The number of nitrogens with one attached hydrogen (secondary N) is 2. The monoisotopic (exact) mass is 365 g/mol. The molecule has 5 nitrogen and oxygen atoms in total. The normalized spacial score (nSPS) is 16.2. The number of hydrogen-bond donors (Lipinski definition) is 2. The summed E-state index contributed by atoms with van der Waals surface area (Å²) in [5.74, 6) is 1.53. The smallest absolute Gasteiger partial charge is 0.258 e. The first-order chi connectivity index (χ1) is 12.7. The maximum absolute atomic E-state index is 12.4. The van der Waals surface area contributed by atoms with Crippen molar-refractivity contribution < 1.29 is 4.79 Å². The van der Waals surface area contributed by atoms with Gasteiger partial charge in [0.05, 0.1) is 16.9 Å². The molecular weight excluding hydrogens is 346 g/mol. The summed E-state index contributed by atoms with van der Waals surface area (Å²) in [6.45, 7) is 0. The van der Waals surface area contributed by atoms with E-state index in [1.807, 2.05) is 42.1 Å². The second kappa shape index (κ2) is 7.33. The molecule has 0 spiro atoms. The van der Waals surface area contributed by atoms with E-state index in [9.17, 15) is 9.59 Å². The highest BCUT2D eigenvalue weighted by atomic mass is 32.2. The molecule has 2 N–H and O–H groups in total. The Morgan fingerprint density at radius 2 is 2.00 bits per heavy atom. The maximum atomic E-state index is 12.4. The number of rotatable bonds is 4. The summed E-state index contributed by atoms with van der Waals surface area (Å²) in [7, 11) is 0. The van der Waals surface area contributed by atoms with Crippen LogP contribution in [0.3, 0.4) is 0 Å². The quantitative estimate of drug-likeness (QED) is 0.744. The zero-order valence-corrected chi connectivity index (χ0v) is 15.0. The topological polar surface area (TPSA) is 74.8 Å². The highest BCUT2D eigenvalue weighted by Crippen LogP contribution is 2.35. The van der Waals surface area contributed by atoms with Crippen molar-refractivity contribution in [1.82, 2.24) is 15.3 Å². The number of carbonyl (C=O) groups is 1. The lowest BCUT2D eigenvalue weighted by Gasteiger charge is -2.25. The van der Waals surface area contributed by atoms with Gasteiger partial charge in [-0.05, 0) is 30.2 Å². The van der Waals surface area contributed by atoms with Gasteiger partial charge < -0.3 is 10.3 Å². The van der Waals surface area contributed by atoms with Gasteiger partial charge in [0.15, 0.2) is 0 Å². The second-order valence-corrected chi connectivity index (χ2v) is 7.46. The number of para-hydroxylation sites is 1. The zero-order valence-electron chi connectivity index (χ0n) is 14.2. The lowest BCUT2D eigenvalue weighted by atomic mass is 10.0. The van der Waals surface area contributed by atoms with E-state index in [1.54, 1.807) is 6.07 Å². The van der Waals surface area contributed by atoms with Crippen molar-refractivity contribution in [1.29, 1.82) is 0 Å². The third-order valence-corrected chi connectivity index (χ3v) is 5.67. The highest BCUT2D eigenvalue weighted by molar-refractivity contribution is 7.99. The molecule has 0 saturated heterocycles. The Bertz CT molecular complexity index is 1020. The molecule has 4 rings (SSSR count). The fourth-order valence-electron chi connectivity index (χ4n) is 3.24. The van der Waals surface area contributed by atoms with Crippen molar-refractivity contribution in [2.75, 3.05) is 5.75 Å². The molecule has 26 heavy (non-hydrogen) atoms. The van der Waals surface area contributed by atoms with Crippen molar-refractivity contribution >= 4 is 28.6 Å². The summed E-state index contributed by atoms with van der Waals surface area (Å²) >= 11 is 1.83. The van der Waals surface area contributed by atoms with E-state index in [4.69, 9.17) is 0 Å². The molecule has 2 heterocycles. The zero-order chi connectivity index (χ0) is 17.9. The first-order valence-electron chi connectivity index (χ1n) is 8.70. The Kier molecular flexibility index (Phi) is 4.75. The second-order valence-electron chi connectivity index (χ2n) is 6.32. The van der Waals surface area contributed by atoms with Gasteiger partial charge in [-0.3, -0.25) is 9.59 Å². The molecule has 1 atom stereocenters. The first-order valence-corrected chi connectivity index (χ1v) is 9.68. The number of aromatic amines is 1. The molecule has 0 radical (unpaired) electrons. The van der Waals surface area contributed by atoms with Crippen LogP contribution in [-0.2, 0) is 11.2 Å². The number of aromatic nitrogens is 2. The number of nitrogens with zero attached hydrogens (tertiary/aromatic N) is 1. The van der Waals surface area contributed by atoms with E-state index in [0.29, 0.717) is 29.6 Å². The van der Waals surface area contributed by atoms with Gasteiger partial charge in [0.1, 0.15) is 5.82 Å². The Hall–Kier alpha value is -2.60. The average molecular weight is 365 g/mol. The molecule has 0 aliphatic carbocycles. The summed E-state index contributed by atoms with van der Waals surface area (Å²) in [5, 5.41) is 3.69. The third-order valence-electron chi connectivity index (χ3n) is 4.54. The number of hydrogen-bond acceptors (Lipinski definition) is 4. The molecule has 132 valence electrons. The lowest BCUT2D eigenvalue weighted by molar-refractivity contribution is -0.121. The van der Waals surface area contributed by atoms with Crippen LogP contribution in [0.5, 0.6) is 0 Å². The maximum Gasteiger partial charge on any atom is 0.258 e. The molecule has 2 aromatic carbocycles. The van der Waals surface area contributed by atoms with Gasteiger partial charge in [-0.25, -0.2) is 4.98 Å². The van der Waals surface area contributed by atoms with Crippen LogP contribution in [0.4, 0.5) is 0 Å². The predicted molar refractivity (Wildman–Crippen MR) is 103 cm³/mol. The molecule has 1 aliphatic rings. The summed E-state index contributed by atoms with van der Waals surface area (Å²) in [6.07, 6.45) is 1.64. The minimum atomic E-state index is -0.163. The molecule has 6 heteroatoms. The molecule has 1 amide bonds. The van der Waals surface area contributed by atoms with E-state index in [1.165, 1.54) is 10.5 Å². The predicted octanol–water partition coefficient (Wildman–Crippen LogP) is 3.21. The number of aryl methyl sites for hydroxylation is 1. The first kappa shape index (κ1) is 16.8. The number of amides is 1. The third kappa shape index (κ3) is 3.51. The van der Waals surface area contributed by atoms with Crippen LogP contribution < -0.4 is 10.9 Å². The Balaban J connectivity index is 1.43. The van der Waals surface area contributed by atoms with Gasteiger partial charge in [-0.1, -0.05) is 30.3 Å². The van der Waals surface area contributed by atoms with Gasteiger partial charge in [-0.15, -0.1) is 11.8 Å². The summed E-state index contributed by atoms with van der Waals surface area (Å²) in [6, 6.07) is 15.5. The minimum Gasteiger partial charge on any atom is -0.349 e. The van der Waals surface area contributed by atoms with Crippen LogP contribution in [0.1, 0.15) is 30.3 Å². The number of fused-ring (bicyclic) bond motifs is 2. The number of benzene rings is 2. The summed E-state index contributed by atoms with van der Waals surface area (Å²) in [4.78, 5) is 33.0. The molecule has 0 fully saturated rings. The van der Waals surface area contributed by atoms with Crippen molar-refractivity contribution in [2.45, 2.75) is 30.2 Å². The fraction of sp³-hybridized carbons (Fsp3) is 0.250. The van der Waals surface area contributed by atoms with Gasteiger partial charge >= 0.3 is 0 Å². The van der Waals surface area contributed by atoms with Gasteiger partial charge in [-0.2, -0.15) is 0 Å². The SMILES string of the molecule is O=C(CCc1nc2ccccc2c(=O)[nH]1)N[C@H]1CCSc2ccccc21. The molecule has 0 unspecified atom stereocenters. The van der Waals surface area contributed by atoms with E-state index in [-0.39, 0.29) is 17.5 Å². The molecule has 3 aromatic rings. The van der Waals surface area contributed by atoms with Crippen LogP contribution in [0.25, 0.3) is 10.9 Å². The molecule has 0 bridgehead atoms. The largest absolute Gasteiger partial charge is 0.349 e. The lowest BCUT2D eigenvalue weighted by Crippen LogP contribution is -2.31. The van der Waals surface area contributed by atoms with Crippen molar-refractivity contribution in [3.8, 4) is 0 Å². The Labute approximate surface area is 155 Å². The number of carbonyl (C=O) groups excluding carboxylic acids is 1. The van der Waals surface area contributed by atoms with Crippen LogP contribution in [0, 0.1) is 0 Å². The van der Waals surface area contributed by atoms with Crippen LogP contribution >= 0.6 is 11.8 Å². The molecule has 1 aromatic heterocycles. The summed E-state index contributed by atoms with van der Waals surface area (Å²) in [5.41, 5.74) is 1.68. The van der Waals surface area contributed by atoms with Crippen LogP contribution in [-0.4, -0.2) is 21.6 Å². The van der Waals surface area contributed by atoms with Crippen molar-refractivity contribution in [3.05, 3.63) is 70.3 Å². The van der Waals surface area contributed by atoms with Crippen molar-refractivity contribution in [2.24, 2.45) is 0 Å². The summed E-state index contributed by atoms with van der Waals surface area (Å²) < 4.78 is 0. The van der Waals surface area contributed by atoms with Gasteiger partial charge in [0.2, 0.25) is 5.91 Å². The Morgan fingerprint density at radius 1 is 1.19 bits per heavy atom. The number of H-pyrrole nitrogens is 1. The van der Waals surface area contributed by atoms with E-state index < -0.39 is 0 Å². The standard InChI is InChI=1S/C20H19N3O2S/c24-19(22-16-11-12-26-17-8-4-2-5-13(16)17)10-9-18-21-15-7-3-1-6-14(15)20(25)23-18/h1-8,16H,9-12H2,(H,22,24)(H,21,23,25)/t16-/m0/s1. The van der Waals surface area contributed by atoms with Crippen molar-refractivity contribution in [3.63, 3.8) is 0 Å². The van der Waals surface area contributed by atoms with E-state index >= 15 is 0 Å². The molecule has 0 saturated carbocycles. The van der Waals surface area contributed by atoms with Gasteiger partial charge in [0.25, 0.3) is 5.56 Å². The molecule has 1 aliphatic heterocycles. The fourth-order valence-corrected chi connectivity index (χ4v) is 4.37. The average Bonchev–Trinajstić information content (AvgIpc) is 2.67. The Morgan fingerprint density at radius 3 is 2.92 bits per heavy atom. The number of thioether (sulfide) groups is 1. The highest BCUT2D eigenvalue weighted by Gasteiger charge is 2.21. The van der Waals surface area contributed by atoms with E-state index in [0.717, 1.165) is 12.2 Å². The van der Waals surface area contributed by atoms with E-state index in [2.05, 4.69) is 27.4 Å².